The molecule has 2 heterocycles. The monoisotopic (exact) mass is 508 g/mol. The number of ether oxygens (including phenoxy) is 3. The topological polar surface area (TPSA) is 108 Å². The summed E-state index contributed by atoms with van der Waals surface area (Å²) in [6, 6.07) is 22.3. The number of aryl methyl sites for hydroxylation is 1. The first-order chi connectivity index (χ1) is 18.4. The Morgan fingerprint density at radius 2 is 1.89 bits per heavy atom. The summed E-state index contributed by atoms with van der Waals surface area (Å²) in [4.78, 5) is 12.9. The lowest BCUT2D eigenvalue weighted by atomic mass is 9.83. The zero-order valence-electron chi connectivity index (χ0n) is 21.5. The van der Waals surface area contributed by atoms with E-state index >= 15 is 0 Å². The highest BCUT2D eigenvalue weighted by Crippen LogP contribution is 2.44. The van der Waals surface area contributed by atoms with Crippen molar-refractivity contribution in [3.63, 3.8) is 0 Å². The Bertz CT molecular complexity index is 1590. The van der Waals surface area contributed by atoms with Gasteiger partial charge in [-0.3, -0.25) is 0 Å². The molecule has 7 heteroatoms. The van der Waals surface area contributed by atoms with Gasteiger partial charge in [0, 0.05) is 22.6 Å². The van der Waals surface area contributed by atoms with Crippen LogP contribution in [0.3, 0.4) is 0 Å². The van der Waals surface area contributed by atoms with Crippen molar-refractivity contribution < 1.29 is 23.4 Å². The summed E-state index contributed by atoms with van der Waals surface area (Å²) in [6.45, 7) is 6.72. The molecule has 0 saturated carbocycles. The molecule has 0 aliphatic carbocycles. The van der Waals surface area contributed by atoms with Crippen molar-refractivity contribution >= 4 is 16.9 Å². The van der Waals surface area contributed by atoms with Gasteiger partial charge in [0.05, 0.1) is 12.5 Å². The normalized spacial score (nSPS) is 14.7. The van der Waals surface area contributed by atoms with Gasteiger partial charge in [0.2, 0.25) is 11.6 Å². The fourth-order valence-corrected chi connectivity index (χ4v) is 4.56. The molecule has 3 aromatic carbocycles. The largest absolute Gasteiger partial charge is 0.494 e. The number of benzene rings is 3. The second-order valence-corrected chi connectivity index (χ2v) is 9.67. The third-order valence-electron chi connectivity index (χ3n) is 6.59. The Hall–Kier alpha value is -4.70. The van der Waals surface area contributed by atoms with Crippen molar-refractivity contribution in [2.75, 3.05) is 6.61 Å². The summed E-state index contributed by atoms with van der Waals surface area (Å²) in [7, 11) is 0. The highest BCUT2D eigenvalue weighted by Gasteiger charge is 2.31. The zero-order chi connectivity index (χ0) is 26.8. The summed E-state index contributed by atoms with van der Waals surface area (Å²) >= 11 is 0. The molecule has 0 fully saturated rings. The Kier molecular flexibility index (Phi) is 6.80. The van der Waals surface area contributed by atoms with E-state index in [2.05, 4.69) is 19.9 Å². The number of allylic oxidation sites excluding steroid dienone is 1. The van der Waals surface area contributed by atoms with Crippen LogP contribution >= 0.6 is 0 Å². The number of hydrogen-bond acceptors (Lipinski definition) is 7. The van der Waals surface area contributed by atoms with E-state index < -0.39 is 11.9 Å². The van der Waals surface area contributed by atoms with Crippen molar-refractivity contribution in [2.45, 2.75) is 33.1 Å². The molecule has 38 heavy (non-hydrogen) atoms. The van der Waals surface area contributed by atoms with Gasteiger partial charge < -0.3 is 24.4 Å². The van der Waals surface area contributed by atoms with Gasteiger partial charge in [-0.05, 0) is 49.1 Å². The van der Waals surface area contributed by atoms with Gasteiger partial charge in [-0.15, -0.1) is 0 Å². The average molecular weight is 509 g/mol. The quantitative estimate of drug-likeness (QED) is 0.221. The highest BCUT2D eigenvalue weighted by molar-refractivity contribution is 5.96. The molecule has 4 aromatic rings. The van der Waals surface area contributed by atoms with E-state index in [4.69, 9.17) is 24.4 Å². The fourth-order valence-electron chi connectivity index (χ4n) is 4.56. The second-order valence-electron chi connectivity index (χ2n) is 9.67. The van der Waals surface area contributed by atoms with Gasteiger partial charge in [0.25, 0.3) is 0 Å². The predicted molar refractivity (Wildman–Crippen MR) is 143 cm³/mol. The fraction of sp³-hybridized carbons (Fsp3) is 0.226. The predicted octanol–water partition coefficient (Wildman–Crippen LogP) is 6.60. The SMILES string of the molecule is Cc1c(C(=O)Oc2ccc3c(c2)OC(N)=C(C#N)C3c2cccc(OCCC(C)C)c2)oc2ccccc12. The zero-order valence-corrected chi connectivity index (χ0v) is 21.5. The maximum absolute atomic E-state index is 12.9. The summed E-state index contributed by atoms with van der Waals surface area (Å²) in [6.07, 6.45) is 0.940. The lowest BCUT2D eigenvalue weighted by Crippen LogP contribution is -2.21. The van der Waals surface area contributed by atoms with Gasteiger partial charge in [0.15, 0.2) is 0 Å². The minimum atomic E-state index is -0.613. The Morgan fingerprint density at radius 3 is 2.66 bits per heavy atom. The second kappa shape index (κ2) is 10.3. The molecular formula is C31H28N2O5. The number of carbonyl (C=O) groups excluding carboxylic acids is 1. The van der Waals surface area contributed by atoms with E-state index in [-0.39, 0.29) is 17.4 Å². The molecule has 0 bridgehead atoms. The van der Waals surface area contributed by atoms with Crippen LogP contribution in [0, 0.1) is 24.2 Å². The number of fused-ring (bicyclic) bond motifs is 2. The van der Waals surface area contributed by atoms with Crippen molar-refractivity contribution in [3.05, 3.63) is 101 Å². The molecule has 0 saturated heterocycles. The van der Waals surface area contributed by atoms with Crippen LogP contribution in [0.4, 0.5) is 0 Å². The first kappa shape index (κ1) is 25.0. The molecule has 5 rings (SSSR count). The van der Waals surface area contributed by atoms with Crippen LogP contribution in [0.25, 0.3) is 11.0 Å². The Morgan fingerprint density at radius 1 is 1.08 bits per heavy atom. The Balaban J connectivity index is 1.44. The van der Waals surface area contributed by atoms with Crippen molar-refractivity contribution in [2.24, 2.45) is 11.7 Å². The lowest BCUT2D eigenvalue weighted by molar-refractivity contribution is 0.0702. The van der Waals surface area contributed by atoms with E-state index in [0.29, 0.717) is 35.0 Å². The summed E-state index contributed by atoms with van der Waals surface area (Å²) in [5.74, 6) is 1.01. The van der Waals surface area contributed by atoms with E-state index in [0.717, 1.165) is 28.7 Å². The number of carbonyl (C=O) groups is 1. The van der Waals surface area contributed by atoms with Crippen LogP contribution in [0.1, 0.15) is 53.4 Å². The molecule has 1 aromatic heterocycles. The minimum absolute atomic E-state index is 0.00716. The molecule has 1 atom stereocenters. The summed E-state index contributed by atoms with van der Waals surface area (Å²) in [5.41, 5.74) is 9.38. The van der Waals surface area contributed by atoms with Crippen molar-refractivity contribution in [3.8, 4) is 23.3 Å². The molecule has 1 unspecified atom stereocenters. The van der Waals surface area contributed by atoms with Crippen LogP contribution in [0.2, 0.25) is 0 Å². The van der Waals surface area contributed by atoms with Crippen LogP contribution in [0.5, 0.6) is 17.2 Å². The van der Waals surface area contributed by atoms with Crippen molar-refractivity contribution in [1.82, 2.24) is 0 Å². The number of rotatable bonds is 7. The smallest absolute Gasteiger partial charge is 0.379 e. The number of nitriles is 1. The molecule has 192 valence electrons. The van der Waals surface area contributed by atoms with E-state index in [1.807, 2.05) is 49.4 Å². The van der Waals surface area contributed by atoms with Gasteiger partial charge in [-0.25, -0.2) is 4.79 Å². The molecule has 1 aliphatic heterocycles. The van der Waals surface area contributed by atoms with Gasteiger partial charge >= 0.3 is 5.97 Å². The molecule has 0 spiro atoms. The number of nitrogens with zero attached hydrogens (tertiary/aromatic N) is 1. The van der Waals surface area contributed by atoms with Gasteiger partial charge in [-0.1, -0.05) is 50.2 Å². The maximum Gasteiger partial charge on any atom is 0.379 e. The van der Waals surface area contributed by atoms with Crippen LogP contribution in [0.15, 0.2) is 82.6 Å². The molecule has 2 N–H and O–H groups in total. The first-order valence-electron chi connectivity index (χ1n) is 12.5. The van der Waals surface area contributed by atoms with Crippen LogP contribution in [-0.4, -0.2) is 12.6 Å². The van der Waals surface area contributed by atoms with Crippen molar-refractivity contribution in [1.29, 1.82) is 5.26 Å². The standard InChI is InChI=1S/C31H28N2O5/c1-18(2)13-14-35-21-8-6-7-20(15-21)28-24-12-11-22(16-27(24)38-30(33)25(28)17-32)36-31(34)29-19(3)23-9-4-5-10-26(23)37-29/h4-12,15-16,18,28H,13-14,33H2,1-3H3. The van der Waals surface area contributed by atoms with Gasteiger partial charge in [-0.2, -0.15) is 5.26 Å². The lowest BCUT2D eigenvalue weighted by Gasteiger charge is -2.27. The number of furan rings is 1. The maximum atomic E-state index is 12.9. The number of nitrogens with two attached hydrogens (primary N) is 1. The highest BCUT2D eigenvalue weighted by atomic mass is 16.5. The minimum Gasteiger partial charge on any atom is -0.494 e. The van der Waals surface area contributed by atoms with Gasteiger partial charge in [0.1, 0.15) is 34.5 Å². The Labute approximate surface area is 221 Å². The number of esters is 1. The third-order valence-corrected chi connectivity index (χ3v) is 6.59. The number of para-hydroxylation sites is 1. The van der Waals surface area contributed by atoms with E-state index in [1.165, 1.54) is 0 Å². The van der Waals surface area contributed by atoms with Crippen LogP contribution < -0.4 is 19.9 Å². The first-order valence-corrected chi connectivity index (χ1v) is 12.5. The summed E-state index contributed by atoms with van der Waals surface area (Å²) in [5, 5.41) is 10.8. The molecule has 7 nitrogen and oxygen atoms in total. The average Bonchev–Trinajstić information content (AvgIpc) is 3.24. The van der Waals surface area contributed by atoms with E-state index in [1.54, 1.807) is 24.3 Å². The third kappa shape index (κ3) is 4.81. The summed E-state index contributed by atoms with van der Waals surface area (Å²) < 4.78 is 23.1. The molecule has 0 radical (unpaired) electrons. The molecule has 1 aliphatic rings. The molecular weight excluding hydrogens is 480 g/mol. The van der Waals surface area contributed by atoms with Crippen LogP contribution in [-0.2, 0) is 0 Å². The molecule has 0 amide bonds. The number of hydrogen-bond donors (Lipinski definition) is 1. The van der Waals surface area contributed by atoms with E-state index in [9.17, 15) is 10.1 Å².